The Balaban J connectivity index is 0.000000148. The van der Waals surface area contributed by atoms with Gasteiger partial charge in [0.25, 0.3) is 11.1 Å². The van der Waals surface area contributed by atoms with E-state index in [-0.39, 0.29) is 35.8 Å². The van der Waals surface area contributed by atoms with Crippen molar-refractivity contribution in [3.8, 4) is 0 Å². The highest BCUT2D eigenvalue weighted by Gasteiger charge is 2.48. The first-order valence-corrected chi connectivity index (χ1v) is 30.4. The topological polar surface area (TPSA) is 141 Å². The van der Waals surface area contributed by atoms with Crippen molar-refractivity contribution in [2.75, 3.05) is 6.54 Å². The number of fused-ring (bicyclic) bond motifs is 10. The number of carbonyl (C=O) groups is 1. The van der Waals surface area contributed by atoms with Gasteiger partial charge in [0.05, 0.1) is 40.0 Å². The maximum absolute atomic E-state index is 14.5. The number of rotatable bonds is 8. The quantitative estimate of drug-likeness (QED) is 0.175. The van der Waals surface area contributed by atoms with E-state index in [9.17, 15) is 19.5 Å². The summed E-state index contributed by atoms with van der Waals surface area (Å²) in [6.45, 7) is 10.4. The van der Waals surface area contributed by atoms with Crippen LogP contribution in [0.15, 0.2) is 93.9 Å². The zero-order chi connectivity index (χ0) is 52.5. The number of aliphatic imine (C=N–C) groups is 1. The molecule has 4 aromatic rings. The van der Waals surface area contributed by atoms with Gasteiger partial charge in [-0.2, -0.15) is 0 Å². The van der Waals surface area contributed by atoms with Gasteiger partial charge < -0.3 is 24.5 Å². The molecule has 2 aromatic heterocycles. The van der Waals surface area contributed by atoms with E-state index in [0.717, 1.165) is 108 Å². The van der Waals surface area contributed by atoms with Gasteiger partial charge in [-0.15, -0.1) is 0 Å². The molecule has 2 aromatic carbocycles. The molecule has 14 rings (SSSR count). The van der Waals surface area contributed by atoms with Gasteiger partial charge in [0.1, 0.15) is 12.2 Å². The first-order valence-electron chi connectivity index (χ1n) is 30.4. The summed E-state index contributed by atoms with van der Waals surface area (Å²) in [6.07, 6.45) is 33.1. The van der Waals surface area contributed by atoms with E-state index in [1.807, 2.05) is 47.4 Å². The maximum Gasteiger partial charge on any atom is 0.323 e. The Kier molecular flexibility index (Phi) is 14.2. The van der Waals surface area contributed by atoms with Gasteiger partial charge >= 0.3 is 5.97 Å². The molecule has 6 unspecified atom stereocenters. The highest BCUT2D eigenvalue weighted by Crippen LogP contribution is 2.50. The number of carboxylic acid groups (broad SMARTS) is 1. The number of aliphatic carboxylic acids is 1. The van der Waals surface area contributed by atoms with Crippen LogP contribution in [0.3, 0.4) is 0 Å². The van der Waals surface area contributed by atoms with Gasteiger partial charge in [0.15, 0.2) is 5.69 Å². The molecule has 14 atom stereocenters. The first-order chi connectivity index (χ1) is 37.5. The number of allylic oxidation sites excluding steroid dienone is 2. The predicted molar refractivity (Wildman–Crippen MR) is 305 cm³/mol. The van der Waals surface area contributed by atoms with Crippen molar-refractivity contribution in [2.24, 2.45) is 34.6 Å². The fourth-order valence-corrected chi connectivity index (χ4v) is 18.4. The van der Waals surface area contributed by atoms with Crippen LogP contribution in [0.1, 0.15) is 191 Å². The summed E-state index contributed by atoms with van der Waals surface area (Å²) in [6, 6.07) is 19.9. The number of hydrogen-bond donors (Lipinski definition) is 2. The zero-order valence-electron chi connectivity index (χ0n) is 45.7. The fraction of sp³-hybridized carbons (Fsp3) is 0.625. The minimum atomic E-state index is -0.902. The molecule has 5 saturated heterocycles. The number of para-hydroxylation sites is 4. The third-order valence-corrected chi connectivity index (χ3v) is 21.0. The van der Waals surface area contributed by atoms with Gasteiger partial charge in [0.2, 0.25) is 0 Å². The number of benzene rings is 2. The van der Waals surface area contributed by atoms with Crippen LogP contribution in [-0.2, 0) is 4.79 Å². The van der Waals surface area contributed by atoms with Crippen LogP contribution in [0.4, 0.5) is 0 Å². The van der Waals surface area contributed by atoms with Crippen molar-refractivity contribution < 1.29 is 9.90 Å². The summed E-state index contributed by atoms with van der Waals surface area (Å²) in [7, 11) is 0. The van der Waals surface area contributed by atoms with Crippen LogP contribution in [0.25, 0.3) is 27.8 Å². The van der Waals surface area contributed by atoms with Crippen molar-refractivity contribution in [1.82, 2.24) is 39.1 Å². The Morgan fingerprint density at radius 1 is 0.597 bits per heavy atom. The van der Waals surface area contributed by atoms with Gasteiger partial charge in [-0.25, -0.2) is 9.97 Å². The lowest BCUT2D eigenvalue weighted by Crippen LogP contribution is -2.59. The van der Waals surface area contributed by atoms with E-state index in [1.165, 1.54) is 109 Å². The lowest BCUT2D eigenvalue weighted by molar-refractivity contribution is -0.138. The molecule has 4 saturated carbocycles. The Labute approximate surface area is 455 Å². The van der Waals surface area contributed by atoms with Gasteiger partial charge in [0, 0.05) is 65.9 Å². The number of piperidine rings is 5. The summed E-state index contributed by atoms with van der Waals surface area (Å²) in [5.41, 5.74) is 6.56. The Morgan fingerprint density at radius 3 is 1.69 bits per heavy atom. The minimum Gasteiger partial charge on any atom is -0.480 e. The molecular weight excluding hydrogens is 959 g/mol. The van der Waals surface area contributed by atoms with Crippen LogP contribution in [0.2, 0.25) is 0 Å². The second-order valence-electron chi connectivity index (χ2n) is 26.1. The summed E-state index contributed by atoms with van der Waals surface area (Å²) < 4.78 is 4.16. The van der Waals surface area contributed by atoms with Crippen molar-refractivity contribution >= 4 is 39.9 Å². The van der Waals surface area contributed by atoms with Crippen molar-refractivity contribution in [3.63, 3.8) is 0 Å². The van der Waals surface area contributed by atoms with Crippen molar-refractivity contribution in [3.05, 3.63) is 111 Å². The van der Waals surface area contributed by atoms with Crippen LogP contribution < -0.4 is 16.4 Å². The minimum absolute atomic E-state index is 0.0129. The van der Waals surface area contributed by atoms with Crippen LogP contribution in [-0.4, -0.2) is 93.9 Å². The van der Waals surface area contributed by atoms with Crippen LogP contribution in [0, 0.1) is 29.6 Å². The molecule has 0 radical (unpaired) electrons. The zero-order valence-corrected chi connectivity index (χ0v) is 45.7. The number of hydrogen-bond acceptors (Lipinski definition) is 10. The fourth-order valence-electron chi connectivity index (χ4n) is 18.4. The van der Waals surface area contributed by atoms with Crippen molar-refractivity contribution in [1.29, 1.82) is 0 Å². The van der Waals surface area contributed by atoms with Crippen molar-refractivity contribution in [2.45, 2.75) is 215 Å². The van der Waals surface area contributed by atoms with Gasteiger partial charge in [-0.05, 0) is 176 Å². The summed E-state index contributed by atoms with van der Waals surface area (Å²) in [4.78, 5) is 62.0. The van der Waals surface area contributed by atoms with Crippen LogP contribution in [0.5, 0.6) is 0 Å². The highest BCUT2D eigenvalue weighted by molar-refractivity contribution is 5.85. The number of carboxylic acids is 1. The number of aromatic nitrogens is 4. The number of likely N-dealkylation sites (tertiary alicyclic amines) is 1. The third-order valence-electron chi connectivity index (χ3n) is 21.0. The Hall–Kier alpha value is -5.40. The van der Waals surface area contributed by atoms with Gasteiger partial charge in [-0.3, -0.25) is 29.2 Å². The maximum atomic E-state index is 14.5. The molecule has 4 aliphatic carbocycles. The molecule has 6 aliphatic heterocycles. The second kappa shape index (κ2) is 21.3. The molecule has 10 aliphatic rings. The summed E-state index contributed by atoms with van der Waals surface area (Å²) in [5.74, 6) is 3.68. The molecule has 9 fully saturated rings. The normalized spacial score (nSPS) is 35.2. The summed E-state index contributed by atoms with van der Waals surface area (Å²) in [5, 5.41) is 12.9. The van der Waals surface area contributed by atoms with E-state index in [1.54, 1.807) is 12.4 Å². The smallest absolute Gasteiger partial charge is 0.323 e. The standard InChI is InChI=1S/C34H46N4O3.C30H37N5O/c1-21-13-23-15-24(14-21)17-27(16-23)37-25-8-6-9-26(37)19-28(18-25)38-30-11-4-3-10-29(30)35-33(34(38)41)31-12-5-7-22(2)36(31)20-32(39)40;1-19-17-31-18-27(32-19)29-30(36)35(28-11-3-2-10-26(28)33-29)25-15-22-8-5-9-23(16-25)34(22)24-13-20-6-4-7-21(12-20)14-24/h3-4,10-11,21,23-28,31H,2,5-9,12-20H2,1H3,(H,39,40);2-3,10-11,17-18,20-25,32H,1,4-9,12-16H2/t21?,23-,24+,25-,26+,27?,28?,31?;20-,21+,22-,23+,24?,25?. The highest BCUT2D eigenvalue weighted by atomic mass is 16.4. The van der Waals surface area contributed by atoms with E-state index in [0.29, 0.717) is 53.0 Å². The number of nitrogens with one attached hydrogen (secondary N) is 1. The largest absolute Gasteiger partial charge is 0.480 e. The number of nitrogens with zero attached hydrogens (tertiary/aromatic N) is 8. The van der Waals surface area contributed by atoms with E-state index in [4.69, 9.17) is 9.97 Å². The second-order valence-corrected chi connectivity index (χ2v) is 26.1. The van der Waals surface area contributed by atoms with E-state index in [2.05, 4.69) is 55.4 Å². The lowest BCUT2D eigenvalue weighted by Gasteiger charge is -2.56. The average Bonchev–Trinajstić information content (AvgIpc) is 3.42. The SMILES string of the molecule is C=C1C=NC=C(c2nc3ccccc3n(C3C[C@H]4CCC[C@@H](C3)N4C3C[C@H]4CCC[C@@H](C3)C4)c2=O)N1.C=C1CCCC(c2nc3ccccc3n(C3C[C@H]4CCC[C@@H](C3)N4C3C[C@H]4CC(C)C[C@@H](C3)C4)c2=O)N1CC(=O)O. The molecule has 0 spiro atoms. The molecule has 2 N–H and O–H groups in total. The Bertz CT molecular complexity index is 3050. The molecule has 77 heavy (non-hydrogen) atoms. The summed E-state index contributed by atoms with van der Waals surface area (Å²) >= 11 is 0. The molecule has 13 heteroatoms. The average molecular weight is 1040 g/mol. The molecule has 13 nitrogen and oxygen atoms in total. The Morgan fingerprint density at radius 2 is 1.12 bits per heavy atom. The molecule has 0 amide bonds. The van der Waals surface area contributed by atoms with E-state index < -0.39 is 5.97 Å². The lowest BCUT2D eigenvalue weighted by atomic mass is 9.65. The van der Waals surface area contributed by atoms with Crippen LogP contribution >= 0.6 is 0 Å². The predicted octanol–water partition coefficient (Wildman–Crippen LogP) is 11.7. The first kappa shape index (κ1) is 51.1. The van der Waals surface area contributed by atoms with Gasteiger partial charge in [-0.1, -0.05) is 76.5 Å². The molecule has 8 bridgehead atoms. The molecule has 8 heterocycles. The third kappa shape index (κ3) is 9.96. The molecule has 408 valence electrons. The monoisotopic (exact) mass is 1040 g/mol. The molecular formula is C64H83N9O4. The van der Waals surface area contributed by atoms with E-state index >= 15 is 0 Å².